The summed E-state index contributed by atoms with van der Waals surface area (Å²) in [5.41, 5.74) is -1.38. The average molecular weight is 494 g/mol. The number of pyridine rings is 2. The second kappa shape index (κ2) is 9.01. The number of ether oxygens (including phenoxy) is 1. The maximum Gasteiger partial charge on any atom is 0.434 e. The van der Waals surface area contributed by atoms with Crippen LogP contribution in [0.5, 0.6) is 0 Å². The molecule has 7 nitrogen and oxygen atoms in total. The molecule has 0 aliphatic carbocycles. The van der Waals surface area contributed by atoms with Crippen LogP contribution < -0.4 is 5.32 Å². The number of imidazole rings is 1. The smallest absolute Gasteiger partial charge is 0.434 e. The number of nitrogens with zero attached hydrogens (tertiary/aromatic N) is 4. The highest BCUT2D eigenvalue weighted by atomic mass is 19.4. The Morgan fingerprint density at radius 3 is 2.46 bits per heavy atom. The zero-order chi connectivity index (χ0) is 25.4. The van der Waals surface area contributed by atoms with E-state index in [4.69, 9.17) is 4.74 Å². The molecule has 11 heteroatoms. The van der Waals surface area contributed by atoms with Gasteiger partial charge in [0.25, 0.3) is 0 Å². The van der Waals surface area contributed by atoms with Gasteiger partial charge in [-0.15, -0.1) is 0 Å². The van der Waals surface area contributed by atoms with Gasteiger partial charge in [-0.3, -0.25) is 9.38 Å². The average Bonchev–Trinajstić information content (AvgIpc) is 3.23. The molecule has 0 atom stereocenters. The third-order valence-corrected chi connectivity index (χ3v) is 6.03. The van der Waals surface area contributed by atoms with Gasteiger partial charge in [0.1, 0.15) is 22.9 Å². The number of amides is 1. The summed E-state index contributed by atoms with van der Waals surface area (Å²) in [5.74, 6) is -0.0347. The lowest BCUT2D eigenvalue weighted by Gasteiger charge is -2.42. The molecule has 3 aromatic rings. The zero-order valence-electron chi connectivity index (χ0n) is 19.7. The summed E-state index contributed by atoms with van der Waals surface area (Å²) in [5, 5.41) is 3.25. The number of fused-ring (bicyclic) bond motifs is 1. The molecule has 0 saturated carbocycles. The fourth-order valence-electron chi connectivity index (χ4n) is 4.21. The number of carbonyl (C=O) groups excluding carboxylic acids is 1. The Hall–Kier alpha value is -3.37. The van der Waals surface area contributed by atoms with Crippen LogP contribution in [-0.2, 0) is 16.3 Å². The highest BCUT2D eigenvalue weighted by molar-refractivity contribution is 5.68. The topological polar surface area (TPSA) is 71.8 Å². The first kappa shape index (κ1) is 24.7. The van der Waals surface area contributed by atoms with E-state index in [1.54, 1.807) is 43.9 Å². The van der Waals surface area contributed by atoms with Gasteiger partial charge in [0.05, 0.1) is 6.20 Å². The molecule has 1 amide bonds. The van der Waals surface area contributed by atoms with Crippen molar-refractivity contribution in [2.45, 2.75) is 50.8 Å². The standard InChI is InChI=1S/C24H27F4N5O2/c1-22(2,3)35-21(34)32-11-9-23(10-12-32,17-8-7-16(25)13-29-17)15-30-19-5-4-6-20-31-18(14-33(19)20)24(26,27)28/h4-8,13-14,30H,9-12,15H2,1-3H3. The first-order valence-electron chi connectivity index (χ1n) is 11.3. The van der Waals surface area contributed by atoms with Crippen LogP contribution in [0.25, 0.3) is 5.65 Å². The van der Waals surface area contributed by atoms with Gasteiger partial charge in [0, 0.05) is 36.9 Å². The van der Waals surface area contributed by atoms with Gasteiger partial charge in [-0.2, -0.15) is 13.2 Å². The molecule has 1 aliphatic rings. The SMILES string of the molecule is CC(C)(C)OC(=O)N1CCC(CNc2cccc3nc(C(F)(F)F)cn23)(c2ccc(F)cn2)CC1. The van der Waals surface area contributed by atoms with E-state index in [0.717, 1.165) is 12.4 Å². The van der Waals surface area contributed by atoms with E-state index in [9.17, 15) is 22.4 Å². The Morgan fingerprint density at radius 1 is 1.14 bits per heavy atom. The molecule has 0 bridgehead atoms. The number of carbonyl (C=O) groups is 1. The highest BCUT2D eigenvalue weighted by Crippen LogP contribution is 2.36. The summed E-state index contributed by atoms with van der Waals surface area (Å²) >= 11 is 0. The number of piperidine rings is 1. The summed E-state index contributed by atoms with van der Waals surface area (Å²) in [6.45, 7) is 6.49. The van der Waals surface area contributed by atoms with Gasteiger partial charge in [-0.1, -0.05) is 6.07 Å². The van der Waals surface area contributed by atoms with Gasteiger partial charge >= 0.3 is 12.3 Å². The molecule has 188 valence electrons. The minimum absolute atomic E-state index is 0.163. The molecule has 1 N–H and O–H groups in total. The number of anilines is 1. The van der Waals surface area contributed by atoms with Gasteiger partial charge in [-0.05, 0) is 57.9 Å². The van der Waals surface area contributed by atoms with Crippen molar-refractivity contribution in [1.82, 2.24) is 19.3 Å². The van der Waals surface area contributed by atoms with E-state index >= 15 is 0 Å². The lowest BCUT2D eigenvalue weighted by atomic mass is 9.75. The largest absolute Gasteiger partial charge is 0.444 e. The molecule has 1 fully saturated rings. The first-order chi connectivity index (χ1) is 16.4. The van der Waals surface area contributed by atoms with Crippen LogP contribution in [0, 0.1) is 5.82 Å². The van der Waals surface area contributed by atoms with Crippen molar-refractivity contribution in [1.29, 1.82) is 0 Å². The van der Waals surface area contributed by atoms with E-state index in [0.29, 0.717) is 44.0 Å². The molecule has 4 heterocycles. The third kappa shape index (κ3) is 5.49. The van der Waals surface area contributed by atoms with Crippen molar-refractivity contribution in [3.63, 3.8) is 0 Å². The Kier molecular flexibility index (Phi) is 6.37. The summed E-state index contributed by atoms with van der Waals surface area (Å²) < 4.78 is 59.9. The predicted octanol–water partition coefficient (Wildman–Crippen LogP) is 5.27. The van der Waals surface area contributed by atoms with E-state index in [-0.39, 0.29) is 5.65 Å². The number of hydrogen-bond acceptors (Lipinski definition) is 5. The van der Waals surface area contributed by atoms with Gasteiger partial charge in [0.2, 0.25) is 0 Å². The Balaban J connectivity index is 1.58. The minimum Gasteiger partial charge on any atom is -0.444 e. The molecule has 0 radical (unpaired) electrons. The van der Waals surface area contributed by atoms with Crippen LogP contribution >= 0.6 is 0 Å². The number of halogens is 4. The van der Waals surface area contributed by atoms with E-state index < -0.39 is 34.8 Å². The minimum atomic E-state index is -4.56. The van der Waals surface area contributed by atoms with Gasteiger partial charge in [-0.25, -0.2) is 14.2 Å². The number of likely N-dealkylation sites (tertiary alicyclic amines) is 1. The molecule has 35 heavy (non-hydrogen) atoms. The molecule has 4 rings (SSSR count). The number of hydrogen-bond donors (Lipinski definition) is 1. The maximum atomic E-state index is 13.6. The normalized spacial score (nSPS) is 16.4. The van der Waals surface area contributed by atoms with E-state index in [1.807, 2.05) is 0 Å². The molecule has 0 aromatic carbocycles. The van der Waals surface area contributed by atoms with Crippen molar-refractivity contribution in [2.24, 2.45) is 0 Å². The third-order valence-electron chi connectivity index (χ3n) is 6.03. The lowest BCUT2D eigenvalue weighted by molar-refractivity contribution is -0.140. The van der Waals surface area contributed by atoms with Crippen molar-refractivity contribution >= 4 is 17.6 Å². The van der Waals surface area contributed by atoms with Crippen molar-refractivity contribution in [3.05, 3.63) is 59.9 Å². The quantitative estimate of drug-likeness (QED) is 0.502. The molecule has 0 unspecified atom stereocenters. The predicted molar refractivity (Wildman–Crippen MR) is 122 cm³/mol. The molecular formula is C24H27F4N5O2. The van der Waals surface area contributed by atoms with Crippen LogP contribution in [-0.4, -0.2) is 50.6 Å². The van der Waals surface area contributed by atoms with Gasteiger partial charge in [0.15, 0.2) is 5.69 Å². The fourth-order valence-corrected chi connectivity index (χ4v) is 4.21. The van der Waals surface area contributed by atoms with Gasteiger partial charge < -0.3 is 15.0 Å². The second-order valence-electron chi connectivity index (χ2n) is 9.73. The summed E-state index contributed by atoms with van der Waals surface area (Å²) in [4.78, 5) is 22.1. The Labute approximate surface area is 200 Å². The maximum absolute atomic E-state index is 13.6. The summed E-state index contributed by atoms with van der Waals surface area (Å²) in [6.07, 6.45) is -1.86. The van der Waals surface area contributed by atoms with Crippen LogP contribution in [0.15, 0.2) is 42.7 Å². The fraction of sp³-hybridized carbons (Fsp3) is 0.458. The molecule has 1 saturated heterocycles. The van der Waals surface area contributed by atoms with E-state index in [2.05, 4.69) is 15.3 Å². The van der Waals surface area contributed by atoms with Crippen molar-refractivity contribution in [3.8, 4) is 0 Å². The molecule has 0 spiro atoms. The van der Waals surface area contributed by atoms with Crippen molar-refractivity contribution < 1.29 is 27.1 Å². The lowest BCUT2D eigenvalue weighted by Crippen LogP contribution is -2.49. The van der Waals surface area contributed by atoms with Crippen molar-refractivity contribution in [2.75, 3.05) is 25.0 Å². The van der Waals surface area contributed by atoms with E-state index in [1.165, 1.54) is 16.5 Å². The first-order valence-corrected chi connectivity index (χ1v) is 11.3. The van der Waals surface area contributed by atoms with Crippen LogP contribution in [0.2, 0.25) is 0 Å². The highest BCUT2D eigenvalue weighted by Gasteiger charge is 2.40. The Bertz CT molecular complexity index is 1190. The second-order valence-corrected chi connectivity index (χ2v) is 9.73. The molecule has 1 aliphatic heterocycles. The summed E-state index contributed by atoms with van der Waals surface area (Å²) in [7, 11) is 0. The Morgan fingerprint density at radius 2 is 1.86 bits per heavy atom. The molecular weight excluding hydrogens is 466 g/mol. The monoisotopic (exact) mass is 493 g/mol. The number of rotatable bonds is 4. The van der Waals surface area contributed by atoms with Crippen LogP contribution in [0.1, 0.15) is 45.0 Å². The van der Waals surface area contributed by atoms with Crippen LogP contribution in [0.3, 0.4) is 0 Å². The zero-order valence-corrected chi connectivity index (χ0v) is 19.7. The van der Waals surface area contributed by atoms with Crippen LogP contribution in [0.4, 0.5) is 28.2 Å². The number of nitrogens with one attached hydrogen (secondary N) is 1. The summed E-state index contributed by atoms with van der Waals surface area (Å²) in [6, 6.07) is 7.72. The number of alkyl halides is 3. The molecule has 3 aromatic heterocycles. The number of aromatic nitrogens is 3.